The van der Waals surface area contributed by atoms with Gasteiger partial charge in [-0.3, -0.25) is 19.2 Å². The molecule has 2 atom stereocenters. The number of benzene rings is 7. The van der Waals surface area contributed by atoms with E-state index in [0.717, 1.165) is 24.3 Å². The molecule has 0 aliphatic carbocycles. The zero-order valence-electron chi connectivity index (χ0n) is 41.9. The molecule has 19 heteroatoms. The number of nitrogens with one attached hydrogen (secondary N) is 1. The third-order valence-electron chi connectivity index (χ3n) is 12.1. The highest BCUT2D eigenvalue weighted by Crippen LogP contribution is 2.36. The summed E-state index contributed by atoms with van der Waals surface area (Å²) in [7, 11) is 5.80. The van der Waals surface area contributed by atoms with E-state index in [1.54, 1.807) is 97.1 Å². The molecule has 0 fully saturated rings. The lowest BCUT2D eigenvalue weighted by Crippen LogP contribution is -2.41. The molecule has 7 aromatic rings. The minimum atomic E-state index is -4.47. The Balaban J connectivity index is 0.000000254. The van der Waals surface area contributed by atoms with E-state index in [4.69, 9.17) is 18.9 Å². The van der Waals surface area contributed by atoms with Crippen molar-refractivity contribution in [2.45, 2.75) is 37.0 Å². The Hall–Kier alpha value is -8.87. The van der Waals surface area contributed by atoms with E-state index in [-0.39, 0.29) is 25.9 Å². The molecule has 0 spiro atoms. The van der Waals surface area contributed by atoms with E-state index in [9.17, 15) is 55.0 Å². The van der Waals surface area contributed by atoms with Gasteiger partial charge in [0.1, 0.15) is 11.7 Å². The number of ether oxygens (including phenoxy) is 4. The van der Waals surface area contributed by atoms with Crippen LogP contribution in [0.3, 0.4) is 0 Å². The van der Waals surface area contributed by atoms with Crippen molar-refractivity contribution in [2.24, 2.45) is 0 Å². The van der Waals surface area contributed by atoms with Crippen LogP contribution in [0, 0.1) is 5.82 Å². The van der Waals surface area contributed by atoms with Crippen LogP contribution in [0.2, 0.25) is 0 Å². The van der Waals surface area contributed by atoms with Gasteiger partial charge in [-0.2, -0.15) is 26.3 Å². The molecule has 0 aromatic heterocycles. The van der Waals surface area contributed by atoms with Crippen molar-refractivity contribution >= 4 is 40.8 Å². The maximum Gasteiger partial charge on any atom is 0.416 e. The third-order valence-corrected chi connectivity index (χ3v) is 12.1. The lowest BCUT2D eigenvalue weighted by molar-refractivity contribution is -0.143. The van der Waals surface area contributed by atoms with Crippen molar-refractivity contribution in [1.82, 2.24) is 0 Å². The Morgan fingerprint density at radius 1 is 0.494 bits per heavy atom. The number of amides is 3. The number of anilines is 3. The summed E-state index contributed by atoms with van der Waals surface area (Å²) >= 11 is 0. The highest BCUT2D eigenvalue weighted by atomic mass is 19.4. The topological polar surface area (TPSA) is 144 Å². The first-order valence-electron chi connectivity index (χ1n) is 23.5. The molecule has 7 aromatic carbocycles. The number of hydrogen-bond donors (Lipinski definition) is 2. The Labute approximate surface area is 439 Å². The van der Waals surface area contributed by atoms with Crippen LogP contribution < -0.4 is 34.1 Å². The number of nitrogens with zero attached hydrogens (tertiary/aromatic N) is 2. The van der Waals surface area contributed by atoms with Crippen LogP contribution in [0.15, 0.2) is 170 Å². The van der Waals surface area contributed by atoms with Crippen LogP contribution in [-0.2, 0) is 44.4 Å². The first kappa shape index (κ1) is 57.4. The Bertz CT molecular complexity index is 3090. The number of carboxylic acids is 1. The molecule has 77 heavy (non-hydrogen) atoms. The van der Waals surface area contributed by atoms with Gasteiger partial charge >= 0.3 is 18.3 Å². The van der Waals surface area contributed by atoms with E-state index in [0.29, 0.717) is 62.3 Å². The summed E-state index contributed by atoms with van der Waals surface area (Å²) in [6.07, 6.45) is -8.54. The lowest BCUT2D eigenvalue weighted by Gasteiger charge is -2.28. The largest absolute Gasteiger partial charge is 0.493 e. The molecule has 0 heterocycles. The monoisotopic (exact) mass is 1070 g/mol. The second kappa shape index (κ2) is 26.1. The quantitative estimate of drug-likeness (QED) is 0.0597. The summed E-state index contributed by atoms with van der Waals surface area (Å²) < 4.78 is 113. The van der Waals surface area contributed by atoms with Gasteiger partial charge < -0.3 is 39.2 Å². The molecule has 3 amide bonds. The van der Waals surface area contributed by atoms with Crippen LogP contribution >= 0.6 is 0 Å². The summed E-state index contributed by atoms with van der Waals surface area (Å²) in [6.45, 7) is 0.0587. The number of rotatable bonds is 19. The van der Waals surface area contributed by atoms with E-state index in [2.05, 4.69) is 5.32 Å². The van der Waals surface area contributed by atoms with Gasteiger partial charge in [0.25, 0.3) is 0 Å². The number of halogens is 7. The van der Waals surface area contributed by atoms with Gasteiger partial charge in [-0.25, -0.2) is 4.39 Å². The summed E-state index contributed by atoms with van der Waals surface area (Å²) in [6, 6.07) is 40.6. The van der Waals surface area contributed by atoms with Gasteiger partial charge in [0, 0.05) is 42.3 Å². The summed E-state index contributed by atoms with van der Waals surface area (Å²) in [5, 5.41) is 12.6. The van der Waals surface area contributed by atoms with Crippen LogP contribution in [0.5, 0.6) is 23.0 Å². The maximum atomic E-state index is 14.3. The number of carboxylic acid groups (broad SMARTS) is 1. The molecular weight excluding hydrogens is 1020 g/mol. The van der Waals surface area contributed by atoms with Crippen molar-refractivity contribution in [3.63, 3.8) is 0 Å². The molecule has 7 rings (SSSR count). The molecule has 402 valence electrons. The van der Waals surface area contributed by atoms with Crippen molar-refractivity contribution in [3.05, 3.63) is 209 Å². The zero-order chi connectivity index (χ0) is 55.9. The molecule has 12 nitrogen and oxygen atoms in total. The molecule has 0 saturated heterocycles. The fourth-order valence-corrected chi connectivity index (χ4v) is 8.07. The fraction of sp³-hybridized carbons (Fsp3) is 0.207. The molecule has 0 saturated carbocycles. The van der Waals surface area contributed by atoms with Gasteiger partial charge in [0.15, 0.2) is 28.9 Å². The smallest absolute Gasteiger partial charge is 0.416 e. The summed E-state index contributed by atoms with van der Waals surface area (Å²) in [5.41, 5.74) is 1.35. The second-order valence-corrected chi connectivity index (χ2v) is 17.0. The van der Waals surface area contributed by atoms with Crippen molar-refractivity contribution in [1.29, 1.82) is 0 Å². The number of carbonyl (C=O) groups excluding carboxylic acids is 3. The van der Waals surface area contributed by atoms with Crippen LogP contribution in [0.1, 0.15) is 45.2 Å². The predicted octanol–water partition coefficient (Wildman–Crippen LogP) is 12.0. The maximum absolute atomic E-state index is 14.3. The number of alkyl halides is 6. The molecule has 0 bridgehead atoms. The molecule has 2 N–H and O–H groups in total. The SMILES string of the molecule is COc1ccc(N(CCc2ccc(C(F)(F)F)cc2)C(=O)C(C(=O)Nc2ccc(F)cc2)c2ccccc2)cc1OC.COc1ccc(N(CCc2ccc(C(F)(F)F)cc2)C(=O)C(C(=O)O)c2ccccc2)cc1OC. The minimum Gasteiger partial charge on any atom is -0.493 e. The van der Waals surface area contributed by atoms with Gasteiger partial charge in [0.2, 0.25) is 17.7 Å². The Morgan fingerprint density at radius 2 is 0.870 bits per heavy atom. The number of methoxy groups -OCH3 is 4. The van der Waals surface area contributed by atoms with Crippen molar-refractivity contribution < 1.29 is 74.0 Å². The van der Waals surface area contributed by atoms with Crippen LogP contribution in [0.4, 0.5) is 47.8 Å². The van der Waals surface area contributed by atoms with Crippen LogP contribution in [-0.4, -0.2) is 70.3 Å². The van der Waals surface area contributed by atoms with Gasteiger partial charge in [-0.15, -0.1) is 0 Å². The second-order valence-electron chi connectivity index (χ2n) is 17.0. The Morgan fingerprint density at radius 3 is 1.23 bits per heavy atom. The van der Waals surface area contributed by atoms with E-state index in [1.807, 2.05) is 0 Å². The normalized spacial score (nSPS) is 11.9. The summed E-state index contributed by atoms with van der Waals surface area (Å²) in [4.78, 5) is 56.2. The lowest BCUT2D eigenvalue weighted by atomic mass is 9.95. The third kappa shape index (κ3) is 15.1. The average Bonchev–Trinajstić information content (AvgIpc) is 3.42. The molecule has 0 radical (unpaired) electrons. The summed E-state index contributed by atoms with van der Waals surface area (Å²) in [5.74, 6) is -4.98. The van der Waals surface area contributed by atoms with Crippen LogP contribution in [0.25, 0.3) is 0 Å². The number of hydrogen-bond acceptors (Lipinski definition) is 8. The molecule has 0 aliphatic heterocycles. The highest BCUT2D eigenvalue weighted by molar-refractivity contribution is 6.16. The van der Waals surface area contributed by atoms with E-state index in [1.165, 1.54) is 86.8 Å². The van der Waals surface area contributed by atoms with E-state index >= 15 is 0 Å². The number of aliphatic carboxylic acids is 1. The molecule has 2 unspecified atom stereocenters. The molecular formula is C58H52F7N3O9. The first-order chi connectivity index (χ1) is 36.8. The molecule has 0 aliphatic rings. The fourth-order valence-electron chi connectivity index (χ4n) is 8.07. The van der Waals surface area contributed by atoms with E-state index < -0.39 is 64.8 Å². The Kier molecular flexibility index (Phi) is 19.4. The first-order valence-corrected chi connectivity index (χ1v) is 23.5. The minimum absolute atomic E-state index is 0.0241. The van der Waals surface area contributed by atoms with Gasteiger partial charge in [-0.1, -0.05) is 84.9 Å². The highest BCUT2D eigenvalue weighted by Gasteiger charge is 2.36. The standard InChI is InChI=1S/C32H28F4N2O4.C26H24F3NO5/c1-41-27-17-16-26(20-28(27)42-2)38(19-18-21-8-10-23(11-9-21)32(34,35)36)31(40)29(22-6-4-3-5-7-22)30(39)37-25-14-12-24(33)13-15-25;1-34-21-13-12-20(16-22(21)35-2)30(15-14-17-8-10-19(11-9-17)26(27,28)29)24(31)23(25(32)33)18-6-4-3-5-7-18/h3-17,20,29H,18-19H2,1-2H3,(H,37,39);3-13,16,23H,14-15H2,1-2H3,(H,32,33). The zero-order valence-corrected chi connectivity index (χ0v) is 41.9. The van der Waals surface area contributed by atoms with Crippen molar-refractivity contribution in [3.8, 4) is 23.0 Å². The van der Waals surface area contributed by atoms with Crippen molar-refractivity contribution in [2.75, 3.05) is 56.6 Å². The van der Waals surface area contributed by atoms with Gasteiger partial charge in [-0.05, 0) is 108 Å². The number of carbonyl (C=O) groups is 4. The average molecular weight is 1070 g/mol. The van der Waals surface area contributed by atoms with Gasteiger partial charge in [0.05, 0.1) is 39.6 Å². The predicted molar refractivity (Wildman–Crippen MR) is 275 cm³/mol.